The van der Waals surface area contributed by atoms with Gasteiger partial charge in [0.1, 0.15) is 0 Å². The van der Waals surface area contributed by atoms with Crippen LogP contribution >= 0.6 is 11.6 Å². The van der Waals surface area contributed by atoms with Gasteiger partial charge in [0.2, 0.25) is 0 Å². The molecule has 0 saturated carbocycles. The molecule has 2 unspecified atom stereocenters. The number of para-hydroxylation sites is 2. The normalized spacial score (nSPS) is 18.3. The average molecular weight is 377 g/mol. The summed E-state index contributed by atoms with van der Waals surface area (Å²) in [6.07, 6.45) is 0.839. The van der Waals surface area contributed by atoms with E-state index in [1.807, 2.05) is 47.4 Å². The third kappa shape index (κ3) is 3.56. The molecule has 0 aliphatic carbocycles. The number of anilines is 2. The van der Waals surface area contributed by atoms with E-state index < -0.39 is 0 Å². The molecule has 0 saturated heterocycles. The highest BCUT2D eigenvalue weighted by molar-refractivity contribution is 6.30. The molecule has 0 radical (unpaired) electrons. The van der Waals surface area contributed by atoms with Gasteiger partial charge in [0.05, 0.1) is 6.04 Å². The van der Waals surface area contributed by atoms with Crippen molar-refractivity contribution in [2.75, 3.05) is 10.2 Å². The molecule has 3 nitrogen and oxygen atoms in total. The Morgan fingerprint density at radius 3 is 2.37 bits per heavy atom. The molecule has 0 bridgehead atoms. The van der Waals surface area contributed by atoms with Crippen molar-refractivity contribution < 1.29 is 4.79 Å². The lowest BCUT2D eigenvalue weighted by Gasteiger charge is -2.39. The van der Waals surface area contributed by atoms with E-state index in [2.05, 4.69) is 24.4 Å². The summed E-state index contributed by atoms with van der Waals surface area (Å²) in [5.74, 6) is -0.0215. The summed E-state index contributed by atoms with van der Waals surface area (Å²) in [6.45, 7) is 2.15. The Kier molecular flexibility index (Phi) is 4.87. The first-order valence-corrected chi connectivity index (χ1v) is 9.51. The maximum Gasteiger partial charge on any atom is 0.258 e. The predicted molar refractivity (Wildman–Crippen MR) is 112 cm³/mol. The highest BCUT2D eigenvalue weighted by Crippen LogP contribution is 2.39. The Hall–Kier alpha value is -2.78. The van der Waals surface area contributed by atoms with Gasteiger partial charge in [-0.15, -0.1) is 0 Å². The Morgan fingerprint density at radius 1 is 0.963 bits per heavy atom. The van der Waals surface area contributed by atoms with Crippen molar-refractivity contribution in [2.24, 2.45) is 0 Å². The van der Waals surface area contributed by atoms with E-state index in [-0.39, 0.29) is 18.0 Å². The van der Waals surface area contributed by atoms with Crippen LogP contribution in [0.5, 0.6) is 0 Å². The number of carbonyl (C=O) groups is 1. The van der Waals surface area contributed by atoms with Gasteiger partial charge in [-0.2, -0.15) is 0 Å². The Labute approximate surface area is 164 Å². The second-order valence-corrected chi connectivity index (χ2v) is 7.34. The van der Waals surface area contributed by atoms with Gasteiger partial charge >= 0.3 is 0 Å². The third-order valence-corrected chi connectivity index (χ3v) is 5.21. The van der Waals surface area contributed by atoms with E-state index >= 15 is 0 Å². The lowest BCUT2D eigenvalue weighted by atomic mass is 9.91. The molecule has 0 fully saturated rings. The number of amides is 1. The average Bonchev–Trinajstić information content (AvgIpc) is 2.69. The first-order chi connectivity index (χ1) is 13.1. The van der Waals surface area contributed by atoms with Crippen molar-refractivity contribution in [3.05, 3.63) is 95.0 Å². The van der Waals surface area contributed by atoms with E-state index in [9.17, 15) is 4.79 Å². The summed E-state index contributed by atoms with van der Waals surface area (Å²) in [6, 6.07) is 25.4. The van der Waals surface area contributed by atoms with Crippen molar-refractivity contribution in [3.63, 3.8) is 0 Å². The van der Waals surface area contributed by atoms with Crippen LogP contribution in [0, 0.1) is 0 Å². The second-order valence-electron chi connectivity index (χ2n) is 6.90. The molecule has 4 rings (SSSR count). The molecule has 27 heavy (non-hydrogen) atoms. The highest BCUT2D eigenvalue weighted by Gasteiger charge is 2.33. The van der Waals surface area contributed by atoms with Crippen LogP contribution in [0.1, 0.15) is 35.3 Å². The van der Waals surface area contributed by atoms with Gasteiger partial charge in [-0.25, -0.2) is 0 Å². The molecular formula is C23H21ClN2O. The summed E-state index contributed by atoms with van der Waals surface area (Å²) in [5.41, 5.74) is 3.76. The fourth-order valence-corrected chi connectivity index (χ4v) is 3.83. The van der Waals surface area contributed by atoms with Crippen LogP contribution in [0.4, 0.5) is 11.4 Å². The van der Waals surface area contributed by atoms with Crippen LogP contribution in [0.25, 0.3) is 0 Å². The lowest BCUT2D eigenvalue weighted by Crippen LogP contribution is -2.40. The van der Waals surface area contributed by atoms with Crippen molar-refractivity contribution in [3.8, 4) is 0 Å². The zero-order chi connectivity index (χ0) is 18.8. The molecule has 1 aliphatic rings. The van der Waals surface area contributed by atoms with Crippen LogP contribution < -0.4 is 10.2 Å². The molecule has 3 aromatic rings. The molecule has 3 aromatic carbocycles. The minimum atomic E-state index is -0.0389. The summed E-state index contributed by atoms with van der Waals surface area (Å²) in [5, 5.41) is 4.15. The molecule has 0 spiro atoms. The van der Waals surface area contributed by atoms with E-state index in [0.717, 1.165) is 23.4 Å². The molecule has 0 aromatic heterocycles. The van der Waals surface area contributed by atoms with Crippen LogP contribution in [-0.2, 0) is 0 Å². The number of benzene rings is 3. The molecule has 1 heterocycles. The lowest BCUT2D eigenvalue weighted by molar-refractivity contribution is 0.0974. The molecule has 1 aliphatic heterocycles. The highest BCUT2D eigenvalue weighted by atomic mass is 35.5. The van der Waals surface area contributed by atoms with Crippen LogP contribution in [0.15, 0.2) is 78.9 Å². The van der Waals surface area contributed by atoms with E-state index in [1.54, 1.807) is 24.3 Å². The van der Waals surface area contributed by atoms with Crippen LogP contribution in [-0.4, -0.2) is 11.9 Å². The zero-order valence-electron chi connectivity index (χ0n) is 15.1. The van der Waals surface area contributed by atoms with E-state index in [4.69, 9.17) is 11.6 Å². The quantitative estimate of drug-likeness (QED) is 0.614. The van der Waals surface area contributed by atoms with Crippen molar-refractivity contribution in [2.45, 2.75) is 25.4 Å². The fraction of sp³-hybridized carbons (Fsp3) is 0.174. The Morgan fingerprint density at radius 2 is 1.63 bits per heavy atom. The van der Waals surface area contributed by atoms with Gasteiger partial charge in [-0.3, -0.25) is 4.79 Å². The molecule has 136 valence electrons. The molecular weight excluding hydrogens is 356 g/mol. The molecule has 2 atom stereocenters. The zero-order valence-corrected chi connectivity index (χ0v) is 15.9. The maximum atomic E-state index is 13.5. The van der Waals surface area contributed by atoms with Crippen LogP contribution in [0.3, 0.4) is 0 Å². The van der Waals surface area contributed by atoms with Gasteiger partial charge in [-0.05, 0) is 61.4 Å². The number of halogens is 1. The van der Waals surface area contributed by atoms with Crippen molar-refractivity contribution in [1.29, 1.82) is 0 Å². The minimum absolute atomic E-state index is 0.0215. The molecule has 4 heteroatoms. The SMILES string of the molecule is CC1CC(N(C(=O)c2ccc(Cl)cc2)c2ccccc2)c2ccccc2N1. The Bertz CT molecular complexity index is 940. The van der Waals surface area contributed by atoms with Crippen molar-refractivity contribution >= 4 is 28.9 Å². The van der Waals surface area contributed by atoms with E-state index in [1.165, 1.54) is 0 Å². The van der Waals surface area contributed by atoms with Gasteiger partial charge < -0.3 is 10.2 Å². The first kappa shape index (κ1) is 17.6. The standard InChI is InChI=1S/C23H21ClN2O/c1-16-15-22(20-9-5-6-10-21(20)25-16)26(19-7-3-2-4-8-19)23(27)17-11-13-18(24)14-12-17/h2-14,16,22,25H,15H2,1H3. The number of hydrogen-bond acceptors (Lipinski definition) is 2. The minimum Gasteiger partial charge on any atom is -0.382 e. The second kappa shape index (κ2) is 7.45. The maximum absolute atomic E-state index is 13.5. The number of nitrogens with zero attached hydrogens (tertiary/aromatic N) is 1. The number of fused-ring (bicyclic) bond motifs is 1. The van der Waals surface area contributed by atoms with Gasteiger partial charge in [0.25, 0.3) is 5.91 Å². The summed E-state index contributed by atoms with van der Waals surface area (Å²) in [4.78, 5) is 15.5. The number of nitrogens with one attached hydrogen (secondary N) is 1. The number of hydrogen-bond donors (Lipinski definition) is 1. The Balaban J connectivity index is 1.82. The van der Waals surface area contributed by atoms with Gasteiger partial charge in [0.15, 0.2) is 0 Å². The molecule has 1 amide bonds. The monoisotopic (exact) mass is 376 g/mol. The summed E-state index contributed by atoms with van der Waals surface area (Å²) >= 11 is 6.01. The van der Waals surface area contributed by atoms with Gasteiger partial charge in [-0.1, -0.05) is 48.0 Å². The van der Waals surface area contributed by atoms with Crippen molar-refractivity contribution in [1.82, 2.24) is 0 Å². The van der Waals surface area contributed by atoms with Crippen LogP contribution in [0.2, 0.25) is 5.02 Å². The topological polar surface area (TPSA) is 32.3 Å². The number of rotatable bonds is 3. The third-order valence-electron chi connectivity index (χ3n) is 4.95. The number of carbonyl (C=O) groups excluding carboxylic acids is 1. The predicted octanol–water partition coefficient (Wildman–Crippen LogP) is 5.93. The molecule has 1 N–H and O–H groups in total. The fourth-order valence-electron chi connectivity index (χ4n) is 3.71. The van der Waals surface area contributed by atoms with E-state index in [0.29, 0.717) is 10.6 Å². The summed E-state index contributed by atoms with van der Waals surface area (Å²) in [7, 11) is 0. The first-order valence-electron chi connectivity index (χ1n) is 9.13. The largest absolute Gasteiger partial charge is 0.382 e. The smallest absolute Gasteiger partial charge is 0.258 e. The van der Waals surface area contributed by atoms with Gasteiger partial charge in [0, 0.05) is 28.0 Å². The summed E-state index contributed by atoms with van der Waals surface area (Å²) < 4.78 is 0.